The van der Waals surface area contributed by atoms with Gasteiger partial charge in [-0.15, -0.1) is 17.0 Å². The second-order valence-electron chi connectivity index (χ2n) is 12.0. The summed E-state index contributed by atoms with van der Waals surface area (Å²) in [6.45, 7) is 3.44. The summed E-state index contributed by atoms with van der Waals surface area (Å²) < 4.78 is 57.3. The maximum atomic E-state index is 13.6. The minimum absolute atomic E-state index is 0. The van der Waals surface area contributed by atoms with Crippen LogP contribution in [-0.4, -0.2) is 78.6 Å². The molecule has 0 unspecified atom stereocenters. The van der Waals surface area contributed by atoms with E-state index >= 15 is 0 Å². The molecule has 1 aliphatic rings. The van der Waals surface area contributed by atoms with Gasteiger partial charge in [0.15, 0.2) is 11.5 Å². The van der Waals surface area contributed by atoms with E-state index in [2.05, 4.69) is 9.88 Å². The Kier molecular flexibility index (Phi) is 11.3. The molecule has 268 valence electrons. The van der Waals surface area contributed by atoms with Gasteiger partial charge in [-0.25, -0.2) is 4.98 Å². The Bertz CT molecular complexity index is 2010. The van der Waals surface area contributed by atoms with Gasteiger partial charge in [-0.1, -0.05) is 6.07 Å². The minimum atomic E-state index is -4.48. The van der Waals surface area contributed by atoms with E-state index in [1.165, 1.54) is 18.1 Å². The number of benzene rings is 3. The van der Waals surface area contributed by atoms with Crippen LogP contribution in [0.15, 0.2) is 85.1 Å². The molecule has 0 atom stereocenters. The number of aromatic nitrogens is 2. The lowest BCUT2D eigenvalue weighted by Crippen LogP contribution is -2.48. The molecular weight excluding hydrogens is 731 g/mol. The predicted octanol–water partition coefficient (Wildman–Crippen LogP) is 7.21. The molecule has 2 aromatic heterocycles. The number of rotatable bonds is 9. The van der Waals surface area contributed by atoms with Crippen LogP contribution < -0.4 is 19.1 Å². The van der Waals surface area contributed by atoms with E-state index in [1.54, 1.807) is 32.4 Å². The molecule has 14 heteroatoms. The van der Waals surface area contributed by atoms with Crippen LogP contribution in [0.25, 0.3) is 10.9 Å². The second-order valence-corrected chi connectivity index (χ2v) is 12.0. The summed E-state index contributed by atoms with van der Waals surface area (Å²) in [6, 6.07) is 20.6. The van der Waals surface area contributed by atoms with E-state index in [0.29, 0.717) is 41.7 Å². The number of carbonyl (C=O) groups excluding carboxylic acids is 2. The third-order valence-electron chi connectivity index (χ3n) is 8.84. The van der Waals surface area contributed by atoms with Gasteiger partial charge < -0.3 is 28.6 Å². The van der Waals surface area contributed by atoms with Crippen molar-refractivity contribution in [2.24, 2.45) is 7.05 Å². The molecule has 1 fully saturated rings. The van der Waals surface area contributed by atoms with Crippen molar-refractivity contribution in [2.45, 2.75) is 12.7 Å². The topological polar surface area (TPSA) is 89.4 Å². The van der Waals surface area contributed by atoms with Crippen molar-refractivity contribution < 1.29 is 37.0 Å². The number of nitrogens with zero attached hydrogens (tertiary/aromatic N) is 5. The second kappa shape index (κ2) is 15.4. The molecule has 2 amide bonds. The molecule has 1 aliphatic heterocycles. The molecule has 51 heavy (non-hydrogen) atoms. The maximum absolute atomic E-state index is 13.6. The number of alkyl halides is 3. The van der Waals surface area contributed by atoms with Crippen molar-refractivity contribution in [3.05, 3.63) is 107 Å². The summed E-state index contributed by atoms with van der Waals surface area (Å²) in [7, 11) is 6.61. The van der Waals surface area contributed by atoms with Crippen molar-refractivity contribution in [1.29, 1.82) is 0 Å². The summed E-state index contributed by atoms with van der Waals surface area (Å²) in [5, 5.41) is 0.832. The number of amides is 2. The summed E-state index contributed by atoms with van der Waals surface area (Å²) in [5.74, 6) is 1.65. The number of fused-ring (bicyclic) bond motifs is 1. The summed E-state index contributed by atoms with van der Waals surface area (Å²) >= 11 is 0. The molecule has 0 N–H and O–H groups in total. The van der Waals surface area contributed by atoms with Gasteiger partial charge in [-0.2, -0.15) is 13.2 Å². The van der Waals surface area contributed by atoms with E-state index in [1.807, 2.05) is 52.9 Å². The molecule has 0 aliphatic carbocycles. The fourth-order valence-corrected chi connectivity index (χ4v) is 5.97. The molecular formula is C37H37BrF3N5O5. The first kappa shape index (κ1) is 37.2. The number of anilines is 1. The largest absolute Gasteiger partial charge is 0.493 e. The molecule has 5 aromatic rings. The third-order valence-corrected chi connectivity index (χ3v) is 8.84. The highest BCUT2D eigenvalue weighted by molar-refractivity contribution is 8.93. The number of hydrogen-bond acceptors (Lipinski definition) is 7. The number of aryl methyl sites for hydroxylation is 1. The molecule has 6 rings (SSSR count). The highest BCUT2D eigenvalue weighted by Gasteiger charge is 2.30. The lowest BCUT2D eigenvalue weighted by molar-refractivity contribution is -0.137. The van der Waals surface area contributed by atoms with E-state index in [4.69, 9.17) is 14.2 Å². The van der Waals surface area contributed by atoms with Gasteiger partial charge in [0.2, 0.25) is 5.88 Å². The SMILES string of the molecule is Br.COc1ccc(CN2CCN(C(=O)c3cc4cc(Oc5ccc(N(C)C(=O)c6ccc(C(F)(F)F)cc6)cn5)ccc4n3C)CC2)cc1OC. The Morgan fingerprint density at radius 2 is 1.57 bits per heavy atom. The monoisotopic (exact) mass is 767 g/mol. The van der Waals surface area contributed by atoms with Crippen molar-refractivity contribution >= 4 is 45.4 Å². The molecule has 0 bridgehead atoms. The lowest BCUT2D eigenvalue weighted by atomic mass is 10.1. The first-order chi connectivity index (χ1) is 23.9. The van der Waals surface area contributed by atoms with Gasteiger partial charge in [-0.05, 0) is 72.3 Å². The quantitative estimate of drug-likeness (QED) is 0.157. The van der Waals surface area contributed by atoms with Crippen molar-refractivity contribution in [1.82, 2.24) is 19.4 Å². The Hall–Kier alpha value is -5.08. The van der Waals surface area contributed by atoms with Gasteiger partial charge in [0.1, 0.15) is 11.4 Å². The third kappa shape index (κ3) is 8.12. The van der Waals surface area contributed by atoms with Crippen LogP contribution in [0.2, 0.25) is 0 Å². The van der Waals surface area contributed by atoms with Gasteiger partial charge >= 0.3 is 6.18 Å². The minimum Gasteiger partial charge on any atom is -0.493 e. The van der Waals surface area contributed by atoms with Gasteiger partial charge in [0.25, 0.3) is 11.8 Å². The number of pyridine rings is 1. The summed E-state index contributed by atoms with van der Waals surface area (Å²) in [4.78, 5) is 36.3. The average molecular weight is 769 g/mol. The summed E-state index contributed by atoms with van der Waals surface area (Å²) in [6.07, 6.45) is -3.03. The zero-order valence-corrected chi connectivity index (χ0v) is 30.2. The van der Waals surface area contributed by atoms with Gasteiger partial charge in [0, 0.05) is 69.4 Å². The molecule has 3 heterocycles. The van der Waals surface area contributed by atoms with Crippen LogP contribution >= 0.6 is 17.0 Å². The first-order valence-electron chi connectivity index (χ1n) is 15.9. The number of carbonyl (C=O) groups is 2. The van der Waals surface area contributed by atoms with Crippen LogP contribution in [0, 0.1) is 0 Å². The zero-order chi connectivity index (χ0) is 35.6. The number of methoxy groups -OCH3 is 2. The van der Waals surface area contributed by atoms with E-state index < -0.39 is 17.6 Å². The van der Waals surface area contributed by atoms with Crippen LogP contribution in [-0.2, 0) is 19.8 Å². The van der Waals surface area contributed by atoms with E-state index in [-0.39, 0.29) is 34.3 Å². The lowest BCUT2D eigenvalue weighted by Gasteiger charge is -2.34. The number of piperazine rings is 1. The molecule has 10 nitrogen and oxygen atoms in total. The Morgan fingerprint density at radius 1 is 0.863 bits per heavy atom. The normalized spacial score (nSPS) is 13.4. The molecule has 0 spiro atoms. The van der Waals surface area contributed by atoms with Crippen molar-refractivity contribution in [3.8, 4) is 23.1 Å². The Morgan fingerprint density at radius 3 is 2.20 bits per heavy atom. The average Bonchev–Trinajstić information content (AvgIpc) is 3.46. The molecule has 0 saturated carbocycles. The summed E-state index contributed by atoms with van der Waals surface area (Å²) in [5.41, 5.74) is 2.29. The van der Waals surface area contributed by atoms with Crippen LogP contribution in [0.5, 0.6) is 23.1 Å². The number of hydrogen-bond donors (Lipinski definition) is 0. The van der Waals surface area contributed by atoms with Crippen LogP contribution in [0.4, 0.5) is 18.9 Å². The highest BCUT2D eigenvalue weighted by atomic mass is 79.9. The fourth-order valence-electron chi connectivity index (χ4n) is 5.97. The van der Waals surface area contributed by atoms with Crippen LogP contribution in [0.3, 0.4) is 0 Å². The van der Waals surface area contributed by atoms with E-state index in [0.717, 1.165) is 60.4 Å². The van der Waals surface area contributed by atoms with Crippen molar-refractivity contribution in [2.75, 3.05) is 52.3 Å². The van der Waals surface area contributed by atoms with Crippen molar-refractivity contribution in [3.63, 3.8) is 0 Å². The smallest absolute Gasteiger partial charge is 0.416 e. The molecule has 0 radical (unpaired) electrons. The number of halogens is 4. The zero-order valence-electron chi connectivity index (χ0n) is 28.4. The maximum Gasteiger partial charge on any atom is 0.416 e. The first-order valence-corrected chi connectivity index (χ1v) is 15.9. The fraction of sp³-hybridized carbons (Fsp3) is 0.270. The van der Waals surface area contributed by atoms with Crippen LogP contribution in [0.1, 0.15) is 32.0 Å². The Balaban J connectivity index is 0.00000504. The highest BCUT2D eigenvalue weighted by Crippen LogP contribution is 2.31. The van der Waals surface area contributed by atoms with Gasteiger partial charge in [0.05, 0.1) is 31.7 Å². The molecule has 1 saturated heterocycles. The predicted molar refractivity (Wildman–Crippen MR) is 192 cm³/mol. The number of ether oxygens (including phenoxy) is 3. The Labute approximate surface area is 303 Å². The van der Waals surface area contributed by atoms with E-state index in [9.17, 15) is 22.8 Å². The standard InChI is InChI=1S/C37H36F3N5O5.BrH/c1-42(35(46)25-6-8-27(9-7-25)37(38,39)40)28-10-14-34(41-22-28)50-29-11-12-30-26(20-29)21-31(43(30)2)36(47)45-17-15-44(16-18-45)23-24-5-13-32(48-3)33(19-24)49-4;/h5-14,19-22H,15-18,23H2,1-4H3;1H. The molecule has 3 aromatic carbocycles. The van der Waals surface area contributed by atoms with Gasteiger partial charge in [-0.3, -0.25) is 14.5 Å².